The summed E-state index contributed by atoms with van der Waals surface area (Å²) in [4.78, 5) is 28.8. The van der Waals surface area contributed by atoms with Gasteiger partial charge in [0.05, 0.1) is 29.8 Å². The number of rotatable bonds is 5. The zero-order valence-corrected chi connectivity index (χ0v) is 13.4. The van der Waals surface area contributed by atoms with Gasteiger partial charge in [-0.1, -0.05) is 18.2 Å². The molecule has 0 bridgehead atoms. The third-order valence-electron chi connectivity index (χ3n) is 3.50. The van der Waals surface area contributed by atoms with Gasteiger partial charge in [0.2, 0.25) is 5.88 Å². The fraction of sp³-hybridized carbons (Fsp3) is 0.235. The molecule has 0 fully saturated rings. The molecule has 0 saturated heterocycles. The second kappa shape index (κ2) is 6.57. The normalized spacial score (nSPS) is 14.4. The maximum Gasteiger partial charge on any atom is 0.341 e. The molecule has 0 unspecified atom stereocenters. The molecule has 0 amide bonds. The Balaban J connectivity index is 2.18. The van der Waals surface area contributed by atoms with Crippen molar-refractivity contribution in [3.8, 4) is 5.88 Å². The molecule has 1 aromatic heterocycles. The van der Waals surface area contributed by atoms with Crippen molar-refractivity contribution in [2.24, 2.45) is 4.99 Å². The molecule has 24 heavy (non-hydrogen) atoms. The zero-order valence-electron chi connectivity index (χ0n) is 13.4. The van der Waals surface area contributed by atoms with Crippen molar-refractivity contribution in [2.75, 3.05) is 13.2 Å². The molecule has 0 spiro atoms. The number of fused-ring (bicyclic) bond motifs is 1. The SMILES string of the molecule is CCOC(=O)C1=c2ccccc2=N/C1=C/c1c(OCC)[nH][nH]c1=O. The summed E-state index contributed by atoms with van der Waals surface area (Å²) >= 11 is 0. The first kappa shape index (κ1) is 15.8. The molecular weight excluding hydrogens is 310 g/mol. The number of H-pyrrole nitrogens is 2. The van der Waals surface area contributed by atoms with E-state index in [9.17, 15) is 9.59 Å². The van der Waals surface area contributed by atoms with Crippen LogP contribution in [-0.2, 0) is 9.53 Å². The minimum Gasteiger partial charge on any atom is -0.478 e. The van der Waals surface area contributed by atoms with Gasteiger partial charge in [0, 0.05) is 5.22 Å². The van der Waals surface area contributed by atoms with Crippen molar-refractivity contribution in [2.45, 2.75) is 13.8 Å². The van der Waals surface area contributed by atoms with E-state index in [1.54, 1.807) is 19.1 Å². The highest BCUT2D eigenvalue weighted by atomic mass is 16.5. The summed E-state index contributed by atoms with van der Waals surface area (Å²) in [5.41, 5.74) is 0.654. The predicted molar refractivity (Wildman–Crippen MR) is 87.8 cm³/mol. The van der Waals surface area contributed by atoms with Gasteiger partial charge in [0.1, 0.15) is 5.56 Å². The van der Waals surface area contributed by atoms with Crippen molar-refractivity contribution < 1.29 is 14.3 Å². The highest BCUT2D eigenvalue weighted by Crippen LogP contribution is 2.21. The molecule has 124 valence electrons. The lowest BCUT2D eigenvalue weighted by Crippen LogP contribution is -2.25. The van der Waals surface area contributed by atoms with Crippen LogP contribution in [0, 0.1) is 0 Å². The van der Waals surface area contributed by atoms with E-state index in [1.807, 2.05) is 19.1 Å². The molecule has 2 N–H and O–H groups in total. The van der Waals surface area contributed by atoms with Gasteiger partial charge in [-0.05, 0) is 26.0 Å². The maximum atomic E-state index is 12.4. The average molecular weight is 327 g/mol. The second-order valence-corrected chi connectivity index (χ2v) is 5.01. The third-order valence-corrected chi connectivity index (χ3v) is 3.50. The number of carbonyl (C=O) groups excluding carboxylic acids is 1. The lowest BCUT2D eigenvalue weighted by Gasteiger charge is -2.04. The summed E-state index contributed by atoms with van der Waals surface area (Å²) in [6, 6.07) is 7.27. The fourth-order valence-electron chi connectivity index (χ4n) is 2.51. The Labute approximate surface area is 137 Å². The number of hydrogen-bond acceptors (Lipinski definition) is 5. The summed E-state index contributed by atoms with van der Waals surface area (Å²) in [5.74, 6) is -0.160. The number of para-hydroxylation sites is 1. The first-order chi connectivity index (χ1) is 11.7. The Kier molecular flexibility index (Phi) is 4.33. The zero-order chi connectivity index (χ0) is 17.1. The second-order valence-electron chi connectivity index (χ2n) is 5.01. The molecule has 7 heteroatoms. The van der Waals surface area contributed by atoms with E-state index in [4.69, 9.17) is 9.47 Å². The van der Waals surface area contributed by atoms with Crippen molar-refractivity contribution >= 4 is 17.6 Å². The average Bonchev–Trinajstić information content (AvgIpc) is 3.10. The van der Waals surface area contributed by atoms with Crippen LogP contribution < -0.4 is 20.9 Å². The number of carbonyl (C=O) groups is 1. The van der Waals surface area contributed by atoms with Crippen LogP contribution in [0.2, 0.25) is 0 Å². The molecule has 1 aromatic carbocycles. The number of nitrogens with one attached hydrogen (secondary N) is 2. The van der Waals surface area contributed by atoms with Crippen LogP contribution in [0.3, 0.4) is 0 Å². The van der Waals surface area contributed by atoms with Crippen LogP contribution in [0.15, 0.2) is 39.7 Å². The summed E-state index contributed by atoms with van der Waals surface area (Å²) < 4.78 is 10.5. The summed E-state index contributed by atoms with van der Waals surface area (Å²) in [5, 5.41) is 6.49. The first-order valence-electron chi connectivity index (χ1n) is 7.66. The molecule has 2 heterocycles. The van der Waals surface area contributed by atoms with Crippen LogP contribution in [0.5, 0.6) is 5.88 Å². The first-order valence-corrected chi connectivity index (χ1v) is 7.66. The predicted octanol–water partition coefficient (Wildman–Crippen LogP) is 0.490. The quantitative estimate of drug-likeness (QED) is 0.781. The van der Waals surface area contributed by atoms with Gasteiger partial charge < -0.3 is 9.47 Å². The van der Waals surface area contributed by atoms with E-state index in [1.165, 1.54) is 6.08 Å². The van der Waals surface area contributed by atoms with Crippen LogP contribution in [-0.4, -0.2) is 29.4 Å². The van der Waals surface area contributed by atoms with Crippen molar-refractivity contribution in [3.05, 3.63) is 56.5 Å². The van der Waals surface area contributed by atoms with E-state index >= 15 is 0 Å². The van der Waals surface area contributed by atoms with Gasteiger partial charge in [-0.25, -0.2) is 9.79 Å². The molecule has 0 atom stereocenters. The number of ether oxygens (including phenoxy) is 2. The van der Waals surface area contributed by atoms with Gasteiger partial charge in [-0.2, -0.15) is 0 Å². The van der Waals surface area contributed by atoms with Gasteiger partial charge >= 0.3 is 5.97 Å². The molecule has 7 nitrogen and oxygen atoms in total. The highest BCUT2D eigenvalue weighted by molar-refractivity contribution is 6.17. The molecule has 0 aliphatic carbocycles. The summed E-state index contributed by atoms with van der Waals surface area (Å²) in [6.45, 7) is 4.21. The Morgan fingerprint density at radius 2 is 2.00 bits per heavy atom. The van der Waals surface area contributed by atoms with Crippen molar-refractivity contribution in [3.63, 3.8) is 0 Å². The minimum atomic E-state index is -0.470. The fourth-order valence-corrected chi connectivity index (χ4v) is 2.51. The highest BCUT2D eigenvalue weighted by Gasteiger charge is 2.23. The standard InChI is InChI=1S/C17H17N3O4/c1-3-23-16-11(15(21)19-20-16)9-13-14(17(22)24-4-2)10-7-5-6-8-12(10)18-13/h5-9H,3-4H2,1-2H3,(H2,19,20,21)/b13-9+. The summed E-state index contributed by atoms with van der Waals surface area (Å²) in [6.07, 6.45) is 1.53. The maximum absolute atomic E-state index is 12.4. The lowest BCUT2D eigenvalue weighted by molar-refractivity contribution is -0.136. The number of nitrogens with zero attached hydrogens (tertiary/aromatic N) is 1. The van der Waals surface area contributed by atoms with Crippen LogP contribution in [0.25, 0.3) is 11.6 Å². The number of hydrogen-bond donors (Lipinski definition) is 2. The lowest BCUT2D eigenvalue weighted by atomic mass is 10.1. The minimum absolute atomic E-state index is 0.257. The Bertz CT molecular complexity index is 982. The molecule has 3 rings (SSSR count). The van der Waals surface area contributed by atoms with Gasteiger partial charge in [0.25, 0.3) is 5.56 Å². The Morgan fingerprint density at radius 1 is 1.21 bits per heavy atom. The summed E-state index contributed by atoms with van der Waals surface area (Å²) in [7, 11) is 0. The van der Waals surface area contributed by atoms with Gasteiger partial charge in [-0.3, -0.25) is 15.0 Å². The van der Waals surface area contributed by atoms with E-state index in [-0.39, 0.29) is 17.7 Å². The molecule has 2 aromatic rings. The topological polar surface area (TPSA) is 96.5 Å². The molecular formula is C17H17N3O4. The van der Waals surface area contributed by atoms with E-state index in [0.717, 1.165) is 0 Å². The molecule has 1 aliphatic rings. The van der Waals surface area contributed by atoms with Crippen LogP contribution in [0.4, 0.5) is 0 Å². The van der Waals surface area contributed by atoms with E-state index in [0.29, 0.717) is 34.3 Å². The Hall–Kier alpha value is -3.09. The number of aromatic nitrogens is 2. The molecule has 0 saturated carbocycles. The number of benzene rings is 1. The van der Waals surface area contributed by atoms with Crippen molar-refractivity contribution in [1.82, 2.24) is 10.2 Å². The largest absolute Gasteiger partial charge is 0.478 e. The molecule has 1 aliphatic heterocycles. The van der Waals surface area contributed by atoms with E-state index in [2.05, 4.69) is 15.2 Å². The third kappa shape index (κ3) is 2.76. The monoisotopic (exact) mass is 327 g/mol. The Morgan fingerprint density at radius 3 is 2.75 bits per heavy atom. The van der Waals surface area contributed by atoms with Crippen molar-refractivity contribution in [1.29, 1.82) is 0 Å². The number of esters is 1. The molecule has 0 radical (unpaired) electrons. The van der Waals surface area contributed by atoms with Gasteiger partial charge in [-0.15, -0.1) is 0 Å². The van der Waals surface area contributed by atoms with Crippen LogP contribution in [0.1, 0.15) is 19.4 Å². The van der Waals surface area contributed by atoms with Crippen LogP contribution >= 0.6 is 0 Å². The smallest absolute Gasteiger partial charge is 0.341 e. The van der Waals surface area contributed by atoms with E-state index < -0.39 is 5.97 Å². The van der Waals surface area contributed by atoms with Gasteiger partial charge in [0.15, 0.2) is 0 Å². The number of aromatic amines is 2.